The number of benzene rings is 5. The van der Waals surface area contributed by atoms with E-state index in [1.807, 2.05) is 104 Å². The summed E-state index contributed by atoms with van der Waals surface area (Å²) in [7, 11) is -17.8. The first-order valence-corrected chi connectivity index (χ1v) is 31.6. The molecule has 5 aromatic carbocycles. The minimum absolute atomic E-state index is 0.0458. The smallest absolute Gasteiger partial charge is 0.333 e. The van der Waals surface area contributed by atoms with Crippen molar-refractivity contribution in [3.8, 4) is 0 Å². The van der Waals surface area contributed by atoms with Crippen LogP contribution in [0, 0.1) is 13.8 Å². The maximum Gasteiger partial charge on any atom is 0.333 e. The standard InChI is InChI=1S/C56H61N3O16S4/c1-35-31-43-42(47(32-35)79(72,73)74)19-21-46-53(43)55(3,4)48(58(46)28-8-10-30-77(66,67)68)22-16-39(38-14-11-37(12-15-38)13-26-52(62)75-59-50(60)24-25-51(59)61)17-23-49-56(5,6)54-44-34-40(78(69,70)71)33-36(2)41(44)18-20-45(54)57(49)27-7-9-29-76(63,64)65/h11-12,14-23,31-34H,7-10,13,24-30H2,1-6H3,(H3-,63,64,65,66,67,68,69,70,71,72,73,74)/p+1. The quantitative estimate of drug-likeness (QED) is 0.0186. The predicted octanol–water partition coefficient (Wildman–Crippen LogP) is 8.68. The van der Waals surface area contributed by atoms with Gasteiger partial charge in [0.15, 0.2) is 5.71 Å². The molecule has 3 aliphatic heterocycles. The number of hydrogen-bond donors (Lipinski definition) is 4. The van der Waals surface area contributed by atoms with Gasteiger partial charge in [-0.15, -0.1) is 5.06 Å². The van der Waals surface area contributed by atoms with Gasteiger partial charge < -0.3 is 9.74 Å². The highest BCUT2D eigenvalue weighted by Gasteiger charge is 2.46. The maximum atomic E-state index is 12.8. The van der Waals surface area contributed by atoms with Crippen LogP contribution >= 0.6 is 0 Å². The van der Waals surface area contributed by atoms with Gasteiger partial charge in [-0.05, 0) is 145 Å². The fourth-order valence-electron chi connectivity index (χ4n) is 11.1. The normalized spacial score (nSPS) is 17.3. The Morgan fingerprint density at radius 3 is 1.94 bits per heavy atom. The van der Waals surface area contributed by atoms with Crippen LogP contribution in [0.1, 0.15) is 106 Å². The zero-order valence-corrected chi connectivity index (χ0v) is 47.7. The minimum Gasteiger partial charge on any atom is -0.344 e. The average Bonchev–Trinajstić information content (AvgIpc) is 3.20. The van der Waals surface area contributed by atoms with Gasteiger partial charge in [-0.2, -0.15) is 38.2 Å². The van der Waals surface area contributed by atoms with Crippen LogP contribution in [-0.4, -0.2) is 110 Å². The third-order valence-electron chi connectivity index (χ3n) is 14.8. The Hall–Kier alpha value is -6.44. The van der Waals surface area contributed by atoms with E-state index in [9.17, 15) is 66.3 Å². The number of carbonyl (C=O) groups excluding carboxylic acids is 3. The van der Waals surface area contributed by atoms with Gasteiger partial charge in [0.1, 0.15) is 11.4 Å². The van der Waals surface area contributed by atoms with Gasteiger partial charge in [-0.25, -0.2) is 4.79 Å². The lowest BCUT2D eigenvalue weighted by atomic mass is 9.78. The van der Waals surface area contributed by atoms with Crippen molar-refractivity contribution in [3.05, 3.63) is 136 Å². The first-order valence-electron chi connectivity index (χ1n) is 25.5. The van der Waals surface area contributed by atoms with Gasteiger partial charge in [0.05, 0.1) is 28.2 Å². The molecule has 0 radical (unpaired) electrons. The molecular weight excluding hydrogens is 1100 g/mol. The summed E-state index contributed by atoms with van der Waals surface area (Å²) < 4.78 is 140. The van der Waals surface area contributed by atoms with Crippen molar-refractivity contribution < 1.29 is 75.7 Å². The Morgan fingerprint density at radius 2 is 1.32 bits per heavy atom. The number of amides is 2. The molecule has 0 unspecified atom stereocenters. The summed E-state index contributed by atoms with van der Waals surface area (Å²) in [5, 5.41) is 2.69. The van der Waals surface area contributed by atoms with Crippen molar-refractivity contribution in [1.29, 1.82) is 0 Å². The summed E-state index contributed by atoms with van der Waals surface area (Å²) >= 11 is 0. The van der Waals surface area contributed by atoms with Gasteiger partial charge in [0, 0.05) is 65.7 Å². The fourth-order valence-corrected chi connectivity index (χ4v) is 13.6. The Labute approximate surface area is 459 Å². The van der Waals surface area contributed by atoms with E-state index in [-0.39, 0.29) is 61.4 Å². The van der Waals surface area contributed by atoms with Crippen LogP contribution in [0.4, 0.5) is 11.4 Å². The highest BCUT2D eigenvalue weighted by Crippen LogP contribution is 2.52. The van der Waals surface area contributed by atoms with E-state index in [0.29, 0.717) is 67.7 Å². The third kappa shape index (κ3) is 12.6. The largest absolute Gasteiger partial charge is 0.344 e. The molecule has 1 saturated heterocycles. The van der Waals surface area contributed by atoms with E-state index in [4.69, 9.17) is 4.84 Å². The van der Waals surface area contributed by atoms with Crippen molar-refractivity contribution in [2.75, 3.05) is 29.5 Å². The van der Waals surface area contributed by atoms with Crippen LogP contribution in [0.3, 0.4) is 0 Å². The number of fused-ring (bicyclic) bond motifs is 6. The summed E-state index contributed by atoms with van der Waals surface area (Å²) in [4.78, 5) is 43.5. The van der Waals surface area contributed by atoms with E-state index in [1.54, 1.807) is 26.0 Å². The number of hydroxylamine groups is 2. The summed E-state index contributed by atoms with van der Waals surface area (Å²) in [5.41, 5.74) is 5.84. The van der Waals surface area contributed by atoms with Crippen LogP contribution in [0.2, 0.25) is 0 Å². The molecule has 2 amide bonds. The van der Waals surface area contributed by atoms with Crippen LogP contribution in [-0.2, 0) is 76.9 Å². The molecule has 0 aromatic heterocycles. The van der Waals surface area contributed by atoms with Crippen LogP contribution in [0.15, 0.2) is 113 Å². The molecule has 19 nitrogen and oxygen atoms in total. The topological polar surface area (TPSA) is 287 Å². The first kappa shape index (κ1) is 58.7. The number of carbonyl (C=O) groups is 3. The predicted molar refractivity (Wildman–Crippen MR) is 299 cm³/mol. The Kier molecular flexibility index (Phi) is 16.3. The van der Waals surface area contributed by atoms with Crippen LogP contribution in [0.25, 0.3) is 27.1 Å². The number of anilines is 1. The monoisotopic (exact) mass is 1160 g/mol. The third-order valence-corrected chi connectivity index (χ3v) is 18.1. The van der Waals surface area contributed by atoms with E-state index in [2.05, 4.69) is 0 Å². The molecule has 79 heavy (non-hydrogen) atoms. The number of unbranched alkanes of at least 4 members (excludes halogenated alkanes) is 2. The Balaban J connectivity index is 1.28. The molecule has 0 aliphatic carbocycles. The summed E-state index contributed by atoms with van der Waals surface area (Å²) in [6.45, 7) is 11.9. The van der Waals surface area contributed by atoms with Crippen LogP contribution < -0.4 is 4.90 Å². The highest BCUT2D eigenvalue weighted by atomic mass is 32.2. The molecule has 420 valence electrons. The zero-order valence-electron chi connectivity index (χ0n) is 44.4. The molecule has 5 aromatic rings. The van der Waals surface area contributed by atoms with Crippen molar-refractivity contribution in [2.45, 2.75) is 114 Å². The lowest BCUT2D eigenvalue weighted by Gasteiger charge is -2.27. The van der Waals surface area contributed by atoms with E-state index >= 15 is 0 Å². The molecular formula is C56H62N3O16S4+. The Morgan fingerprint density at radius 1 is 0.696 bits per heavy atom. The van der Waals surface area contributed by atoms with E-state index < -0.39 is 80.6 Å². The number of aryl methyl sites for hydroxylation is 3. The van der Waals surface area contributed by atoms with Gasteiger partial charge in [-0.1, -0.05) is 56.3 Å². The second-order valence-electron chi connectivity index (χ2n) is 21.2. The second-order valence-corrected chi connectivity index (χ2v) is 27.2. The molecule has 23 heteroatoms. The number of allylic oxidation sites excluding steroid dienone is 6. The molecule has 1 fully saturated rings. The number of rotatable bonds is 20. The Bertz CT molecular complexity index is 3960. The lowest BCUT2D eigenvalue weighted by molar-refractivity contribution is -0.438. The molecule has 0 bridgehead atoms. The summed E-state index contributed by atoms with van der Waals surface area (Å²) in [6, 6.07) is 20.6. The fraction of sp³-hybridized carbons (Fsp3) is 0.357. The van der Waals surface area contributed by atoms with E-state index in [0.717, 1.165) is 33.5 Å². The zero-order chi connectivity index (χ0) is 57.8. The molecule has 4 N–H and O–H groups in total. The van der Waals surface area contributed by atoms with E-state index in [1.165, 1.54) is 18.2 Å². The SMILES string of the molecule is Cc1cc(S(=O)(=O)O)c2ccc3c(c2c1)C(C)(C)/C(=C/C=C(/C=C/C1=[N+](CCCCS(=O)(=O)O)c2ccc4c(C)cc(S(=O)(=O)O)cc4c2C1(C)C)c1ccc(CCC(=O)ON2C(=O)CCC2=O)cc1)N3CCCCS(=O)(=O)O. The molecule has 0 atom stereocenters. The molecule has 8 rings (SSSR count). The number of nitrogens with zero attached hydrogens (tertiary/aromatic N) is 3. The number of imide groups is 1. The maximum absolute atomic E-state index is 12.8. The summed E-state index contributed by atoms with van der Waals surface area (Å²) in [5.74, 6) is -2.89. The van der Waals surface area contributed by atoms with Crippen molar-refractivity contribution >= 4 is 102 Å². The summed E-state index contributed by atoms with van der Waals surface area (Å²) in [6.07, 6.45) is 8.45. The number of hydrogen-bond acceptors (Lipinski definition) is 13. The highest BCUT2D eigenvalue weighted by molar-refractivity contribution is 7.86. The molecule has 0 spiro atoms. The van der Waals surface area contributed by atoms with Crippen LogP contribution in [0.5, 0.6) is 0 Å². The lowest BCUT2D eigenvalue weighted by Crippen LogP contribution is -2.32. The van der Waals surface area contributed by atoms with Crippen molar-refractivity contribution in [1.82, 2.24) is 5.06 Å². The van der Waals surface area contributed by atoms with Gasteiger partial charge in [0.2, 0.25) is 5.69 Å². The molecule has 3 aliphatic rings. The van der Waals surface area contributed by atoms with Crippen molar-refractivity contribution in [3.63, 3.8) is 0 Å². The van der Waals surface area contributed by atoms with Gasteiger partial charge in [-0.3, -0.25) is 27.8 Å². The minimum atomic E-state index is -4.66. The van der Waals surface area contributed by atoms with Gasteiger partial charge in [0.25, 0.3) is 52.3 Å². The van der Waals surface area contributed by atoms with Crippen molar-refractivity contribution in [2.24, 2.45) is 0 Å². The second kappa shape index (κ2) is 21.9. The van der Waals surface area contributed by atoms with Gasteiger partial charge >= 0.3 is 5.97 Å². The average molecular weight is 1160 g/mol. The molecule has 0 saturated carbocycles. The molecule has 3 heterocycles. The first-order chi connectivity index (χ1) is 36.8.